The maximum absolute atomic E-state index is 12.1. The Morgan fingerprint density at radius 3 is 2.65 bits per heavy atom. The molecule has 0 bridgehead atoms. The van der Waals surface area contributed by atoms with E-state index in [-0.39, 0.29) is 11.7 Å². The van der Waals surface area contributed by atoms with Gasteiger partial charge in [0.05, 0.1) is 6.54 Å². The largest absolute Gasteiger partial charge is 0.503 e. The highest BCUT2D eigenvalue weighted by Gasteiger charge is 2.30. The van der Waals surface area contributed by atoms with Gasteiger partial charge in [-0.1, -0.05) is 36.4 Å². The van der Waals surface area contributed by atoms with E-state index in [2.05, 4.69) is 4.98 Å². The van der Waals surface area contributed by atoms with Crippen molar-refractivity contribution in [2.75, 3.05) is 6.54 Å². The molecular weight excluding hydrogens is 252 g/mol. The average Bonchev–Trinajstić information content (AvgIpc) is 2.78. The second-order valence-electron chi connectivity index (χ2n) is 4.72. The Balaban J connectivity index is 1.82. The lowest BCUT2D eigenvalue weighted by atomic mass is 10.1. The number of benzene rings is 1. The van der Waals surface area contributed by atoms with E-state index in [4.69, 9.17) is 0 Å². The highest BCUT2D eigenvalue weighted by atomic mass is 16.3. The van der Waals surface area contributed by atoms with E-state index in [1.165, 1.54) is 0 Å². The zero-order valence-electron chi connectivity index (χ0n) is 10.9. The van der Waals surface area contributed by atoms with Crippen molar-refractivity contribution in [1.82, 2.24) is 9.88 Å². The summed E-state index contributed by atoms with van der Waals surface area (Å²) in [5.41, 5.74) is 2.51. The predicted molar refractivity (Wildman–Crippen MR) is 75.6 cm³/mol. The number of hydrogen-bond acceptors (Lipinski definition) is 3. The predicted octanol–water partition coefficient (Wildman–Crippen LogP) is 2.39. The molecule has 1 aliphatic heterocycles. The average molecular weight is 266 g/mol. The van der Waals surface area contributed by atoms with Crippen LogP contribution in [-0.4, -0.2) is 27.4 Å². The summed E-state index contributed by atoms with van der Waals surface area (Å²) in [6, 6.07) is 13.2. The Morgan fingerprint density at radius 2 is 1.95 bits per heavy atom. The number of rotatable bonds is 3. The Hall–Kier alpha value is -2.62. The van der Waals surface area contributed by atoms with Gasteiger partial charge in [-0.15, -0.1) is 0 Å². The van der Waals surface area contributed by atoms with Gasteiger partial charge < -0.3 is 10.0 Å². The molecule has 4 heteroatoms. The van der Waals surface area contributed by atoms with Gasteiger partial charge in [0.15, 0.2) is 5.76 Å². The first-order valence-corrected chi connectivity index (χ1v) is 6.41. The van der Waals surface area contributed by atoms with Crippen molar-refractivity contribution in [3.63, 3.8) is 0 Å². The monoisotopic (exact) mass is 266 g/mol. The molecule has 2 aromatic rings. The van der Waals surface area contributed by atoms with Crippen LogP contribution in [0.5, 0.6) is 0 Å². The van der Waals surface area contributed by atoms with Crippen molar-refractivity contribution in [3.8, 4) is 0 Å². The van der Waals surface area contributed by atoms with Crippen LogP contribution in [0, 0.1) is 0 Å². The molecule has 0 fully saturated rings. The quantitative estimate of drug-likeness (QED) is 0.928. The summed E-state index contributed by atoms with van der Waals surface area (Å²) in [4.78, 5) is 17.7. The molecule has 1 amide bonds. The SMILES string of the molecule is O=C1C(O)=C(c2ccccc2)CN1Cc1cccnc1. The van der Waals surface area contributed by atoms with Gasteiger partial charge in [-0.05, 0) is 17.2 Å². The Morgan fingerprint density at radius 1 is 1.15 bits per heavy atom. The first-order chi connectivity index (χ1) is 9.75. The number of aliphatic hydroxyl groups is 1. The standard InChI is InChI=1S/C16H14N2O2/c19-15-14(13-6-2-1-3-7-13)11-18(16(15)20)10-12-5-4-8-17-9-12/h1-9,19H,10-11H2. The number of carbonyl (C=O) groups is 1. The van der Waals surface area contributed by atoms with E-state index >= 15 is 0 Å². The fourth-order valence-electron chi connectivity index (χ4n) is 2.32. The van der Waals surface area contributed by atoms with Crippen LogP contribution in [0.15, 0.2) is 60.6 Å². The highest BCUT2D eigenvalue weighted by molar-refractivity contribution is 6.03. The van der Waals surface area contributed by atoms with E-state index in [1.54, 1.807) is 17.3 Å². The number of hydrogen-bond donors (Lipinski definition) is 1. The summed E-state index contributed by atoms with van der Waals surface area (Å²) in [7, 11) is 0. The molecule has 0 saturated heterocycles. The normalized spacial score (nSPS) is 15.0. The second-order valence-corrected chi connectivity index (χ2v) is 4.72. The Labute approximate surface area is 117 Å². The molecule has 20 heavy (non-hydrogen) atoms. The topological polar surface area (TPSA) is 53.4 Å². The van der Waals surface area contributed by atoms with Gasteiger partial charge in [-0.2, -0.15) is 0 Å². The number of pyridine rings is 1. The van der Waals surface area contributed by atoms with Crippen LogP contribution in [0.3, 0.4) is 0 Å². The Kier molecular flexibility index (Phi) is 3.21. The van der Waals surface area contributed by atoms with Gasteiger partial charge in [-0.3, -0.25) is 9.78 Å². The minimum atomic E-state index is -0.326. The molecule has 1 N–H and O–H groups in total. The van der Waals surface area contributed by atoms with Gasteiger partial charge in [0.25, 0.3) is 5.91 Å². The molecule has 0 atom stereocenters. The summed E-state index contributed by atoms with van der Waals surface area (Å²) < 4.78 is 0. The van der Waals surface area contributed by atoms with Crippen molar-refractivity contribution in [2.24, 2.45) is 0 Å². The van der Waals surface area contributed by atoms with E-state index in [0.29, 0.717) is 18.7 Å². The molecule has 0 unspecified atom stereocenters. The third-order valence-electron chi connectivity index (χ3n) is 3.34. The lowest BCUT2D eigenvalue weighted by Crippen LogP contribution is -2.26. The molecule has 1 aliphatic rings. The summed E-state index contributed by atoms with van der Waals surface area (Å²) in [6.45, 7) is 0.872. The first kappa shape index (κ1) is 12.4. The van der Waals surface area contributed by atoms with E-state index < -0.39 is 0 Å². The molecule has 100 valence electrons. The summed E-state index contributed by atoms with van der Waals surface area (Å²) in [5, 5.41) is 10.0. The van der Waals surface area contributed by atoms with Gasteiger partial charge in [0.2, 0.25) is 0 Å². The van der Waals surface area contributed by atoms with Crippen molar-refractivity contribution in [3.05, 3.63) is 71.7 Å². The number of amides is 1. The fraction of sp³-hybridized carbons (Fsp3) is 0.125. The van der Waals surface area contributed by atoms with Crippen molar-refractivity contribution >= 4 is 11.5 Å². The zero-order valence-corrected chi connectivity index (χ0v) is 10.9. The third kappa shape index (κ3) is 2.28. The number of aliphatic hydroxyl groups excluding tert-OH is 1. The molecule has 1 aromatic heterocycles. The number of aromatic nitrogens is 1. The highest BCUT2D eigenvalue weighted by Crippen LogP contribution is 2.27. The van der Waals surface area contributed by atoms with Crippen LogP contribution in [-0.2, 0) is 11.3 Å². The minimum absolute atomic E-state index is 0.153. The maximum Gasteiger partial charge on any atom is 0.289 e. The number of nitrogens with zero attached hydrogens (tertiary/aromatic N) is 2. The lowest BCUT2D eigenvalue weighted by Gasteiger charge is -2.15. The fourth-order valence-corrected chi connectivity index (χ4v) is 2.32. The van der Waals surface area contributed by atoms with Gasteiger partial charge in [-0.25, -0.2) is 0 Å². The van der Waals surface area contributed by atoms with Crippen molar-refractivity contribution < 1.29 is 9.90 Å². The van der Waals surface area contributed by atoms with Crippen LogP contribution >= 0.6 is 0 Å². The molecule has 3 rings (SSSR count). The minimum Gasteiger partial charge on any atom is -0.503 e. The van der Waals surface area contributed by atoms with Gasteiger partial charge >= 0.3 is 0 Å². The second kappa shape index (κ2) is 5.17. The van der Waals surface area contributed by atoms with Crippen LogP contribution in [0.4, 0.5) is 0 Å². The zero-order chi connectivity index (χ0) is 13.9. The first-order valence-electron chi connectivity index (χ1n) is 6.41. The molecule has 0 radical (unpaired) electrons. The van der Waals surface area contributed by atoms with Crippen LogP contribution < -0.4 is 0 Å². The third-order valence-corrected chi connectivity index (χ3v) is 3.34. The molecule has 0 spiro atoms. The van der Waals surface area contributed by atoms with Crippen molar-refractivity contribution in [2.45, 2.75) is 6.54 Å². The van der Waals surface area contributed by atoms with Crippen LogP contribution in [0.2, 0.25) is 0 Å². The summed E-state index contributed by atoms with van der Waals surface area (Å²) in [6.07, 6.45) is 3.42. The summed E-state index contributed by atoms with van der Waals surface area (Å²) in [5.74, 6) is -0.479. The van der Waals surface area contributed by atoms with E-state index in [0.717, 1.165) is 11.1 Å². The van der Waals surface area contributed by atoms with E-state index in [9.17, 15) is 9.90 Å². The number of carbonyl (C=O) groups excluding carboxylic acids is 1. The van der Waals surface area contributed by atoms with Crippen LogP contribution in [0.1, 0.15) is 11.1 Å². The maximum atomic E-state index is 12.1. The molecule has 0 aliphatic carbocycles. The molecule has 4 nitrogen and oxygen atoms in total. The lowest BCUT2D eigenvalue weighted by molar-refractivity contribution is -0.128. The molecule has 1 aromatic carbocycles. The Bertz CT molecular complexity index is 651. The molecular formula is C16H14N2O2. The van der Waals surface area contributed by atoms with Gasteiger partial charge in [0, 0.05) is 24.5 Å². The molecule has 2 heterocycles. The summed E-state index contributed by atoms with van der Waals surface area (Å²) >= 11 is 0. The molecule has 0 saturated carbocycles. The van der Waals surface area contributed by atoms with E-state index in [1.807, 2.05) is 42.5 Å². The van der Waals surface area contributed by atoms with Gasteiger partial charge in [0.1, 0.15) is 0 Å². The van der Waals surface area contributed by atoms with Crippen molar-refractivity contribution in [1.29, 1.82) is 0 Å². The van der Waals surface area contributed by atoms with Crippen LogP contribution in [0.25, 0.3) is 5.57 Å². The smallest absolute Gasteiger partial charge is 0.289 e.